The third-order valence-electron chi connectivity index (χ3n) is 5.42. The van der Waals surface area contributed by atoms with Gasteiger partial charge in [0, 0.05) is 18.0 Å². The van der Waals surface area contributed by atoms with E-state index in [9.17, 15) is 14.7 Å². The Bertz CT molecular complexity index is 737. The van der Waals surface area contributed by atoms with Crippen LogP contribution in [0.5, 0.6) is 0 Å². The van der Waals surface area contributed by atoms with Crippen molar-refractivity contribution < 1.29 is 14.7 Å². The summed E-state index contributed by atoms with van der Waals surface area (Å²) in [5.41, 5.74) is 3.25. The fraction of sp³-hybridized carbons (Fsp3) is 0.565. The SMILES string of the molecule is C=C(C)C1CCC(C)=C[C@H]1C1=C(O)C(NCC(C)C)=C(CCC)C(=O)C1=O. The highest BCUT2D eigenvalue weighted by atomic mass is 16.3. The van der Waals surface area contributed by atoms with Gasteiger partial charge < -0.3 is 10.4 Å². The van der Waals surface area contributed by atoms with Crippen molar-refractivity contribution in [3.05, 3.63) is 46.4 Å². The molecule has 0 amide bonds. The molecule has 2 atom stereocenters. The summed E-state index contributed by atoms with van der Waals surface area (Å²) in [6.07, 6.45) is 5.07. The van der Waals surface area contributed by atoms with Gasteiger partial charge in [0.1, 0.15) is 5.76 Å². The van der Waals surface area contributed by atoms with Gasteiger partial charge in [-0.3, -0.25) is 9.59 Å². The lowest BCUT2D eigenvalue weighted by molar-refractivity contribution is -0.133. The molecule has 0 heterocycles. The number of carbonyl (C=O) groups is 2. The first-order valence-corrected chi connectivity index (χ1v) is 10.0. The van der Waals surface area contributed by atoms with Crippen molar-refractivity contribution in [2.75, 3.05) is 6.54 Å². The number of hydrogen-bond donors (Lipinski definition) is 2. The van der Waals surface area contributed by atoms with Crippen LogP contribution in [0.2, 0.25) is 0 Å². The molecule has 4 nitrogen and oxygen atoms in total. The number of Topliss-reactive ketones (excluding diaryl/α,β-unsaturated/α-hetero) is 2. The average Bonchev–Trinajstić information content (AvgIpc) is 2.59. The minimum absolute atomic E-state index is 0.0501. The van der Waals surface area contributed by atoms with Gasteiger partial charge in [0.05, 0.1) is 11.3 Å². The lowest BCUT2D eigenvalue weighted by Crippen LogP contribution is -2.37. The Morgan fingerprint density at radius 3 is 2.56 bits per heavy atom. The number of hydrogen-bond acceptors (Lipinski definition) is 4. The second-order valence-corrected chi connectivity index (χ2v) is 8.33. The van der Waals surface area contributed by atoms with E-state index in [0.29, 0.717) is 30.2 Å². The lowest BCUT2D eigenvalue weighted by atomic mass is 9.70. The second kappa shape index (κ2) is 8.73. The van der Waals surface area contributed by atoms with E-state index in [1.54, 1.807) is 0 Å². The maximum atomic E-state index is 13.0. The Morgan fingerprint density at radius 1 is 1.33 bits per heavy atom. The quantitative estimate of drug-likeness (QED) is 0.383. The summed E-state index contributed by atoms with van der Waals surface area (Å²) in [7, 11) is 0. The zero-order chi connectivity index (χ0) is 20.3. The zero-order valence-electron chi connectivity index (χ0n) is 17.3. The van der Waals surface area contributed by atoms with Gasteiger partial charge in [-0.1, -0.05) is 51.0 Å². The number of allylic oxidation sites excluding steroid dienone is 5. The first kappa shape index (κ1) is 21.2. The predicted octanol–water partition coefficient (Wildman–Crippen LogP) is 4.80. The molecule has 148 valence electrons. The van der Waals surface area contributed by atoms with Crippen molar-refractivity contribution >= 4 is 11.6 Å². The molecular formula is C23H33NO3. The molecule has 4 heteroatoms. The smallest absolute Gasteiger partial charge is 0.233 e. The first-order chi connectivity index (χ1) is 12.7. The Labute approximate surface area is 163 Å². The van der Waals surface area contributed by atoms with Crippen molar-refractivity contribution in [1.29, 1.82) is 0 Å². The summed E-state index contributed by atoms with van der Waals surface area (Å²) < 4.78 is 0. The van der Waals surface area contributed by atoms with E-state index in [2.05, 4.69) is 25.7 Å². The van der Waals surface area contributed by atoms with E-state index < -0.39 is 11.6 Å². The summed E-state index contributed by atoms with van der Waals surface area (Å²) in [6, 6.07) is 0. The van der Waals surface area contributed by atoms with Crippen LogP contribution in [-0.2, 0) is 9.59 Å². The molecule has 0 aromatic heterocycles. The molecule has 0 aliphatic heterocycles. The van der Waals surface area contributed by atoms with Crippen LogP contribution in [0.3, 0.4) is 0 Å². The summed E-state index contributed by atoms with van der Waals surface area (Å²) in [6.45, 7) is 14.8. The van der Waals surface area contributed by atoms with Crippen LogP contribution in [0.25, 0.3) is 0 Å². The van der Waals surface area contributed by atoms with Crippen molar-refractivity contribution in [2.45, 2.75) is 60.3 Å². The highest BCUT2D eigenvalue weighted by Gasteiger charge is 2.41. The van der Waals surface area contributed by atoms with Crippen molar-refractivity contribution in [3.63, 3.8) is 0 Å². The largest absolute Gasteiger partial charge is 0.505 e. The predicted molar refractivity (Wildman–Crippen MR) is 109 cm³/mol. The molecule has 2 rings (SSSR count). The van der Waals surface area contributed by atoms with Gasteiger partial charge in [-0.15, -0.1) is 0 Å². The number of aliphatic hydroxyl groups excluding tert-OH is 1. The fourth-order valence-corrected chi connectivity index (χ4v) is 3.96. The van der Waals surface area contributed by atoms with Gasteiger partial charge in [0.2, 0.25) is 11.6 Å². The van der Waals surface area contributed by atoms with E-state index in [4.69, 9.17) is 0 Å². The van der Waals surface area contributed by atoms with Gasteiger partial charge in [0.15, 0.2) is 0 Å². The topological polar surface area (TPSA) is 66.4 Å². The van der Waals surface area contributed by atoms with Crippen LogP contribution < -0.4 is 5.32 Å². The summed E-state index contributed by atoms with van der Waals surface area (Å²) in [5.74, 6) is -0.982. The Hall–Kier alpha value is -2.10. The third-order valence-corrected chi connectivity index (χ3v) is 5.42. The Balaban J connectivity index is 2.61. The number of rotatable bonds is 7. The monoisotopic (exact) mass is 371 g/mol. The maximum Gasteiger partial charge on any atom is 0.233 e. The molecule has 0 aromatic carbocycles. The maximum absolute atomic E-state index is 13.0. The van der Waals surface area contributed by atoms with Gasteiger partial charge in [-0.2, -0.15) is 0 Å². The number of aliphatic hydroxyl groups is 1. The van der Waals surface area contributed by atoms with E-state index in [1.165, 1.54) is 5.57 Å². The molecule has 2 aliphatic rings. The molecule has 2 N–H and O–H groups in total. The van der Waals surface area contributed by atoms with Gasteiger partial charge in [-0.25, -0.2) is 0 Å². The normalized spacial score (nSPS) is 23.9. The molecule has 0 saturated heterocycles. The fourth-order valence-electron chi connectivity index (χ4n) is 3.96. The molecule has 1 unspecified atom stereocenters. The van der Waals surface area contributed by atoms with Crippen molar-refractivity contribution in [1.82, 2.24) is 5.32 Å². The van der Waals surface area contributed by atoms with Crippen LogP contribution in [0.4, 0.5) is 0 Å². The minimum atomic E-state index is -0.562. The molecule has 0 radical (unpaired) electrons. The summed E-state index contributed by atoms with van der Waals surface area (Å²) >= 11 is 0. The second-order valence-electron chi connectivity index (χ2n) is 8.33. The Kier molecular flexibility index (Phi) is 6.85. The van der Waals surface area contributed by atoms with E-state index in [-0.39, 0.29) is 23.2 Å². The van der Waals surface area contributed by atoms with Crippen LogP contribution in [0, 0.1) is 17.8 Å². The van der Waals surface area contributed by atoms with Crippen molar-refractivity contribution in [3.8, 4) is 0 Å². The lowest BCUT2D eigenvalue weighted by Gasteiger charge is -2.34. The van der Waals surface area contributed by atoms with E-state index in [1.807, 2.05) is 26.8 Å². The highest BCUT2D eigenvalue weighted by Crippen LogP contribution is 2.41. The molecule has 0 fully saturated rings. The minimum Gasteiger partial charge on any atom is -0.505 e. The van der Waals surface area contributed by atoms with Crippen LogP contribution >= 0.6 is 0 Å². The van der Waals surface area contributed by atoms with Gasteiger partial charge >= 0.3 is 0 Å². The van der Waals surface area contributed by atoms with E-state index in [0.717, 1.165) is 24.8 Å². The van der Waals surface area contributed by atoms with Gasteiger partial charge in [0.25, 0.3) is 0 Å². The number of ketones is 2. The average molecular weight is 372 g/mol. The molecule has 2 aliphatic carbocycles. The zero-order valence-corrected chi connectivity index (χ0v) is 17.3. The third kappa shape index (κ3) is 4.42. The van der Waals surface area contributed by atoms with Crippen molar-refractivity contribution in [2.24, 2.45) is 17.8 Å². The standard InChI is InChI=1S/C23H33NO3/c1-7-8-17-20(24-12-13(2)3)22(26)19(23(27)21(17)25)18-11-15(6)9-10-16(18)14(4)5/h11,13,16,18,24,26H,4,7-10,12H2,1-3,5-6H3/t16?,18-/m1/s1. The van der Waals surface area contributed by atoms with Gasteiger partial charge in [-0.05, 0) is 44.9 Å². The first-order valence-electron chi connectivity index (χ1n) is 10.0. The molecule has 0 bridgehead atoms. The highest BCUT2D eigenvalue weighted by molar-refractivity contribution is 6.50. The molecule has 0 spiro atoms. The molecule has 0 aromatic rings. The Morgan fingerprint density at radius 2 is 2.00 bits per heavy atom. The molecule has 0 saturated carbocycles. The van der Waals surface area contributed by atoms with Crippen LogP contribution in [0.1, 0.15) is 60.3 Å². The number of carbonyl (C=O) groups excluding carboxylic acids is 2. The summed E-state index contributed by atoms with van der Waals surface area (Å²) in [4.78, 5) is 25.9. The number of nitrogens with one attached hydrogen (secondary N) is 1. The summed E-state index contributed by atoms with van der Waals surface area (Å²) in [5, 5.41) is 14.3. The van der Waals surface area contributed by atoms with Crippen LogP contribution in [-0.4, -0.2) is 23.2 Å². The molecular weight excluding hydrogens is 338 g/mol. The molecule has 27 heavy (non-hydrogen) atoms. The van der Waals surface area contributed by atoms with E-state index >= 15 is 0 Å². The van der Waals surface area contributed by atoms with Crippen LogP contribution in [0.15, 0.2) is 46.4 Å².